The molecule has 1 heterocycles. The zero-order valence-electron chi connectivity index (χ0n) is 18.8. The molecule has 172 valence electrons. The molecule has 34 heavy (non-hydrogen) atoms. The van der Waals surface area contributed by atoms with Crippen LogP contribution in [0.4, 0.5) is 10.5 Å². The van der Waals surface area contributed by atoms with E-state index in [1.165, 1.54) is 6.08 Å². The molecule has 0 aliphatic carbocycles. The van der Waals surface area contributed by atoms with Crippen molar-refractivity contribution in [3.05, 3.63) is 99.6 Å². The molecule has 3 aromatic carbocycles. The lowest BCUT2D eigenvalue weighted by Crippen LogP contribution is -2.54. The van der Waals surface area contributed by atoms with E-state index in [0.717, 1.165) is 21.6 Å². The molecular weight excluding hydrogens is 452 g/mol. The summed E-state index contributed by atoms with van der Waals surface area (Å²) in [6.45, 7) is 4.23. The zero-order chi connectivity index (χ0) is 24.2. The van der Waals surface area contributed by atoms with E-state index in [2.05, 4.69) is 5.32 Å². The molecule has 4 rings (SSSR count). The Kier molecular flexibility index (Phi) is 6.80. The van der Waals surface area contributed by atoms with Gasteiger partial charge in [0.2, 0.25) is 0 Å². The van der Waals surface area contributed by atoms with Gasteiger partial charge in [-0.25, -0.2) is 9.69 Å². The zero-order valence-corrected chi connectivity index (χ0v) is 19.6. The van der Waals surface area contributed by atoms with E-state index >= 15 is 0 Å². The molecule has 1 saturated heterocycles. The van der Waals surface area contributed by atoms with Gasteiger partial charge in [0.15, 0.2) is 0 Å². The summed E-state index contributed by atoms with van der Waals surface area (Å²) in [6.07, 6.45) is 2.02. The third kappa shape index (κ3) is 4.87. The highest BCUT2D eigenvalue weighted by Gasteiger charge is 2.37. The summed E-state index contributed by atoms with van der Waals surface area (Å²) < 4.78 is 5.99. The maximum absolute atomic E-state index is 13.3. The second-order valence-electron chi connectivity index (χ2n) is 7.90. The number of anilines is 1. The first-order chi connectivity index (χ1) is 16.4. The number of hydrogen-bond donors (Lipinski definition) is 1. The Morgan fingerprint density at radius 1 is 1.00 bits per heavy atom. The first-order valence-corrected chi connectivity index (χ1v) is 11.2. The van der Waals surface area contributed by atoms with Crippen LogP contribution in [0.3, 0.4) is 0 Å². The molecular formula is C27H23ClN2O4. The molecule has 1 N–H and O–H groups in total. The highest BCUT2D eigenvalue weighted by molar-refractivity contribution is 6.39. The molecule has 3 aromatic rings. The van der Waals surface area contributed by atoms with Crippen molar-refractivity contribution in [1.82, 2.24) is 5.32 Å². The number of rotatable bonds is 6. The van der Waals surface area contributed by atoms with Crippen LogP contribution in [0.2, 0.25) is 5.02 Å². The number of nitrogens with zero attached hydrogens (tertiary/aromatic N) is 1. The molecule has 6 nitrogen and oxygen atoms in total. The molecule has 0 unspecified atom stereocenters. The van der Waals surface area contributed by atoms with Gasteiger partial charge in [0, 0.05) is 10.6 Å². The molecule has 0 saturated carbocycles. The third-order valence-corrected chi connectivity index (χ3v) is 5.70. The Morgan fingerprint density at radius 2 is 1.79 bits per heavy atom. The van der Waals surface area contributed by atoms with Gasteiger partial charge in [-0.2, -0.15) is 0 Å². The summed E-state index contributed by atoms with van der Waals surface area (Å²) >= 11 is 6.20. The summed E-state index contributed by atoms with van der Waals surface area (Å²) in [5.41, 5.74) is 3.61. The molecule has 0 bridgehead atoms. The fraction of sp³-hybridized carbons (Fsp3) is 0.148. The Morgan fingerprint density at radius 3 is 2.56 bits per heavy atom. The third-order valence-electron chi connectivity index (χ3n) is 5.46. The van der Waals surface area contributed by atoms with Crippen LogP contribution in [0.5, 0.6) is 5.75 Å². The number of carbonyl (C=O) groups is 3. The average Bonchev–Trinajstić information content (AvgIpc) is 2.81. The van der Waals surface area contributed by atoms with E-state index in [4.69, 9.17) is 16.3 Å². The van der Waals surface area contributed by atoms with Crippen molar-refractivity contribution in [3.8, 4) is 5.75 Å². The van der Waals surface area contributed by atoms with E-state index in [-0.39, 0.29) is 5.57 Å². The van der Waals surface area contributed by atoms with Crippen LogP contribution < -0.4 is 15.0 Å². The van der Waals surface area contributed by atoms with Gasteiger partial charge in [0.25, 0.3) is 11.8 Å². The van der Waals surface area contributed by atoms with Crippen LogP contribution in [0.15, 0.2) is 72.3 Å². The highest BCUT2D eigenvalue weighted by Crippen LogP contribution is 2.29. The fourth-order valence-electron chi connectivity index (χ4n) is 3.79. The van der Waals surface area contributed by atoms with Crippen LogP contribution in [0.1, 0.15) is 29.2 Å². The van der Waals surface area contributed by atoms with Gasteiger partial charge in [-0.15, -0.1) is 0 Å². The quantitative estimate of drug-likeness (QED) is 0.380. The topological polar surface area (TPSA) is 75.7 Å². The number of carbonyl (C=O) groups excluding carboxylic acids is 3. The van der Waals surface area contributed by atoms with Gasteiger partial charge < -0.3 is 4.74 Å². The number of imide groups is 2. The average molecular weight is 475 g/mol. The first-order valence-electron chi connectivity index (χ1n) is 10.8. The van der Waals surface area contributed by atoms with Crippen molar-refractivity contribution in [2.24, 2.45) is 0 Å². The van der Waals surface area contributed by atoms with Crippen LogP contribution in [0, 0.1) is 6.92 Å². The van der Waals surface area contributed by atoms with Crippen molar-refractivity contribution < 1.29 is 19.1 Å². The van der Waals surface area contributed by atoms with E-state index < -0.39 is 17.8 Å². The van der Waals surface area contributed by atoms with E-state index in [0.29, 0.717) is 35.1 Å². The van der Waals surface area contributed by atoms with Gasteiger partial charge in [0.05, 0.1) is 5.69 Å². The summed E-state index contributed by atoms with van der Waals surface area (Å²) in [7, 11) is 0. The number of amides is 4. The predicted octanol–water partition coefficient (Wildman–Crippen LogP) is 5.46. The maximum atomic E-state index is 13.3. The van der Waals surface area contributed by atoms with Crippen molar-refractivity contribution >= 4 is 41.2 Å². The Bertz CT molecular complexity index is 1320. The minimum atomic E-state index is -0.782. The minimum absolute atomic E-state index is 0.187. The Balaban J connectivity index is 1.69. The summed E-state index contributed by atoms with van der Waals surface area (Å²) in [5, 5.41) is 2.68. The number of nitrogens with one attached hydrogen (secondary N) is 1. The lowest BCUT2D eigenvalue weighted by molar-refractivity contribution is -0.122. The number of hydrogen-bond acceptors (Lipinski definition) is 4. The van der Waals surface area contributed by atoms with Crippen LogP contribution in [0.25, 0.3) is 6.08 Å². The number of aryl methyl sites for hydroxylation is 2. The number of para-hydroxylation sites is 1. The largest absolute Gasteiger partial charge is 0.488 e. The molecule has 1 aliphatic rings. The molecule has 0 spiro atoms. The second-order valence-corrected chi connectivity index (χ2v) is 8.34. The van der Waals surface area contributed by atoms with Gasteiger partial charge in [-0.1, -0.05) is 66.6 Å². The monoisotopic (exact) mass is 474 g/mol. The molecule has 0 atom stereocenters. The van der Waals surface area contributed by atoms with E-state index in [1.54, 1.807) is 30.3 Å². The lowest BCUT2D eigenvalue weighted by Gasteiger charge is -2.28. The van der Waals surface area contributed by atoms with Crippen molar-refractivity contribution in [1.29, 1.82) is 0 Å². The Hall–Kier alpha value is -3.90. The molecule has 4 amide bonds. The van der Waals surface area contributed by atoms with Crippen molar-refractivity contribution in [3.63, 3.8) is 0 Å². The number of halogens is 1. The van der Waals surface area contributed by atoms with Gasteiger partial charge >= 0.3 is 6.03 Å². The summed E-state index contributed by atoms with van der Waals surface area (Å²) in [4.78, 5) is 39.6. The minimum Gasteiger partial charge on any atom is -0.488 e. The van der Waals surface area contributed by atoms with Crippen molar-refractivity contribution in [2.75, 3.05) is 4.90 Å². The summed E-state index contributed by atoms with van der Waals surface area (Å²) in [6, 6.07) is 19.2. The molecule has 1 fully saturated rings. The SMILES string of the molecule is CCc1ccccc1N1C(=O)NC(=O)/C(=C/c2cc(Cl)ccc2OCc2cccc(C)c2)C1=O. The van der Waals surface area contributed by atoms with E-state index in [9.17, 15) is 14.4 Å². The first kappa shape index (κ1) is 23.3. The lowest BCUT2D eigenvalue weighted by atomic mass is 10.0. The standard InChI is InChI=1S/C27H23ClN2O4/c1-3-19-9-4-5-10-23(19)30-26(32)22(25(31)29-27(30)33)15-20-14-21(28)11-12-24(20)34-16-18-8-6-7-17(2)13-18/h4-15H,3,16H2,1-2H3,(H,29,31,33)/b22-15-. The summed E-state index contributed by atoms with van der Waals surface area (Å²) in [5.74, 6) is -1.03. The maximum Gasteiger partial charge on any atom is 0.335 e. The Labute approximate surface area is 202 Å². The number of benzene rings is 3. The predicted molar refractivity (Wildman–Crippen MR) is 132 cm³/mol. The number of barbiturate groups is 1. The van der Waals surface area contributed by atoms with Crippen LogP contribution >= 0.6 is 11.6 Å². The molecule has 1 aliphatic heterocycles. The van der Waals surface area contributed by atoms with Gasteiger partial charge in [-0.05, 0) is 54.8 Å². The smallest absolute Gasteiger partial charge is 0.335 e. The number of ether oxygens (including phenoxy) is 1. The molecule has 0 aromatic heterocycles. The molecule has 7 heteroatoms. The molecule has 0 radical (unpaired) electrons. The normalized spacial score (nSPS) is 15.0. The van der Waals surface area contributed by atoms with Crippen LogP contribution in [-0.4, -0.2) is 17.8 Å². The van der Waals surface area contributed by atoms with Gasteiger partial charge in [-0.3, -0.25) is 14.9 Å². The highest BCUT2D eigenvalue weighted by atomic mass is 35.5. The van der Waals surface area contributed by atoms with Crippen LogP contribution in [-0.2, 0) is 22.6 Å². The number of urea groups is 1. The van der Waals surface area contributed by atoms with Crippen molar-refractivity contribution in [2.45, 2.75) is 26.9 Å². The second kappa shape index (κ2) is 9.93. The van der Waals surface area contributed by atoms with Gasteiger partial charge in [0.1, 0.15) is 17.9 Å². The fourth-order valence-corrected chi connectivity index (χ4v) is 3.97. The van der Waals surface area contributed by atoms with E-state index in [1.807, 2.05) is 50.2 Å².